The maximum absolute atomic E-state index is 10.8. The van der Waals surface area contributed by atoms with Gasteiger partial charge in [0.25, 0.3) is 5.69 Å². The third-order valence-electron chi connectivity index (χ3n) is 6.23. The Hall–Kier alpha value is -4.58. The molecule has 3 aromatic heterocycles. The van der Waals surface area contributed by atoms with Gasteiger partial charge in [-0.1, -0.05) is 12.1 Å². The summed E-state index contributed by atoms with van der Waals surface area (Å²) in [4.78, 5) is 32.6. The normalized spacial score (nSPS) is 13.9. The lowest BCUT2D eigenvalue weighted by molar-refractivity contribution is -0.385. The van der Waals surface area contributed by atoms with Gasteiger partial charge in [-0.2, -0.15) is 0 Å². The molecule has 5 rings (SSSR count). The molecule has 190 valence electrons. The summed E-state index contributed by atoms with van der Waals surface area (Å²) in [5.74, 6) is 1.06. The molecule has 12 heteroatoms. The molecule has 1 saturated heterocycles. The third kappa shape index (κ3) is 5.81. The number of hydrogen-bond acceptors (Lipinski definition) is 10. The summed E-state index contributed by atoms with van der Waals surface area (Å²) in [7, 11) is 2.15. The van der Waals surface area contributed by atoms with E-state index in [1.165, 1.54) is 18.0 Å². The quantitative estimate of drug-likeness (QED) is 0.201. The molecule has 2 N–H and O–H groups in total. The molecule has 12 nitrogen and oxygen atoms in total. The van der Waals surface area contributed by atoms with Crippen LogP contribution < -0.4 is 15.5 Å². The van der Waals surface area contributed by atoms with Crippen LogP contribution in [0.5, 0.6) is 0 Å². The van der Waals surface area contributed by atoms with Crippen molar-refractivity contribution >= 4 is 23.1 Å². The van der Waals surface area contributed by atoms with Crippen molar-refractivity contribution in [3.8, 4) is 16.9 Å². The smallest absolute Gasteiger partial charge is 0.287 e. The van der Waals surface area contributed by atoms with E-state index in [4.69, 9.17) is 4.98 Å². The van der Waals surface area contributed by atoms with Crippen LogP contribution in [0.25, 0.3) is 16.9 Å². The number of piperazine rings is 1. The molecule has 0 radical (unpaired) electrons. The molecular weight excluding hydrogens is 472 g/mol. The predicted molar refractivity (Wildman–Crippen MR) is 142 cm³/mol. The maximum atomic E-state index is 10.8. The van der Waals surface area contributed by atoms with Gasteiger partial charge < -0.3 is 25.0 Å². The van der Waals surface area contributed by atoms with Crippen LogP contribution in [0.2, 0.25) is 0 Å². The molecule has 1 aromatic carbocycles. The minimum atomic E-state index is -0.472. The lowest BCUT2D eigenvalue weighted by atomic mass is 10.1. The molecule has 0 unspecified atom stereocenters. The highest BCUT2D eigenvalue weighted by molar-refractivity contribution is 5.71. The van der Waals surface area contributed by atoms with E-state index < -0.39 is 4.92 Å². The lowest BCUT2D eigenvalue weighted by Crippen LogP contribution is -2.44. The van der Waals surface area contributed by atoms with Crippen LogP contribution in [0.1, 0.15) is 0 Å². The van der Waals surface area contributed by atoms with E-state index in [0.717, 1.165) is 43.1 Å². The average Bonchev–Trinajstić information content (AvgIpc) is 3.47. The molecule has 37 heavy (non-hydrogen) atoms. The Morgan fingerprint density at radius 3 is 2.43 bits per heavy atom. The number of anilines is 3. The monoisotopic (exact) mass is 500 g/mol. The minimum Gasteiger partial charge on any atom is -0.369 e. The topological polar surface area (TPSA) is 130 Å². The lowest BCUT2D eigenvalue weighted by Gasteiger charge is -2.34. The van der Waals surface area contributed by atoms with Crippen molar-refractivity contribution in [1.29, 1.82) is 0 Å². The van der Waals surface area contributed by atoms with Gasteiger partial charge in [-0.3, -0.25) is 10.1 Å². The predicted octanol–water partition coefficient (Wildman–Crippen LogP) is 2.91. The van der Waals surface area contributed by atoms with Gasteiger partial charge >= 0.3 is 0 Å². The van der Waals surface area contributed by atoms with Crippen molar-refractivity contribution in [1.82, 2.24) is 29.4 Å². The Labute approximate surface area is 214 Å². The van der Waals surface area contributed by atoms with Gasteiger partial charge in [-0.15, -0.1) is 0 Å². The summed E-state index contributed by atoms with van der Waals surface area (Å²) in [6, 6.07) is 11.5. The number of likely N-dealkylation sites (N-methyl/N-ethyl adjacent to an activating group) is 1. The number of nitro groups is 1. The van der Waals surface area contributed by atoms with Gasteiger partial charge in [0.15, 0.2) is 0 Å². The summed E-state index contributed by atoms with van der Waals surface area (Å²) < 4.78 is 1.90. The van der Waals surface area contributed by atoms with E-state index >= 15 is 0 Å². The summed E-state index contributed by atoms with van der Waals surface area (Å²) in [6.45, 7) is 5.21. The zero-order valence-corrected chi connectivity index (χ0v) is 20.5. The number of nitrogens with one attached hydrogen (secondary N) is 2. The van der Waals surface area contributed by atoms with Gasteiger partial charge in [-0.25, -0.2) is 19.9 Å². The molecule has 0 spiro atoms. The van der Waals surface area contributed by atoms with Crippen LogP contribution in [-0.4, -0.2) is 80.6 Å². The molecule has 1 aliphatic heterocycles. The Balaban J connectivity index is 1.28. The van der Waals surface area contributed by atoms with Crippen LogP contribution in [0.3, 0.4) is 0 Å². The van der Waals surface area contributed by atoms with Crippen molar-refractivity contribution < 1.29 is 4.92 Å². The van der Waals surface area contributed by atoms with E-state index in [1.54, 1.807) is 24.8 Å². The zero-order valence-electron chi connectivity index (χ0n) is 20.5. The zero-order chi connectivity index (χ0) is 25.6. The fraction of sp³-hybridized carbons (Fsp3) is 0.280. The number of nitrogens with zero attached hydrogens (tertiary/aromatic N) is 8. The first kappa shape index (κ1) is 24.1. The first-order valence-corrected chi connectivity index (χ1v) is 12.0. The molecule has 4 aromatic rings. The number of pyridine rings is 1. The molecule has 0 atom stereocenters. The number of benzene rings is 1. The fourth-order valence-corrected chi connectivity index (χ4v) is 4.12. The Morgan fingerprint density at radius 1 is 0.973 bits per heavy atom. The highest BCUT2D eigenvalue weighted by atomic mass is 16.6. The Bertz CT molecular complexity index is 1320. The summed E-state index contributed by atoms with van der Waals surface area (Å²) in [5, 5.41) is 17.1. The average molecular weight is 501 g/mol. The molecule has 0 saturated carbocycles. The molecule has 4 heterocycles. The van der Waals surface area contributed by atoms with Gasteiger partial charge in [-0.05, 0) is 25.2 Å². The standard InChI is InChI=1S/C25H28N10O2/c1-32-12-14-33(15-13-32)20-4-2-19(3-5-20)24-22(34-11-10-26-18-34)17-30-25(31-24)28-9-8-27-23-7-6-21(16-29-23)35(36)37/h2-7,10-11,16-18H,8-9,12-15H2,1H3,(H,27,29)(H,28,30,31). The molecule has 1 fully saturated rings. The SMILES string of the molecule is CN1CCN(c2ccc(-c3nc(NCCNc4ccc([N+](=O)[O-])cn4)ncc3-n3ccnc3)cc2)CC1. The van der Waals surface area contributed by atoms with Crippen molar-refractivity contribution in [3.05, 3.63) is 77.6 Å². The highest BCUT2D eigenvalue weighted by Crippen LogP contribution is 2.28. The summed E-state index contributed by atoms with van der Waals surface area (Å²) >= 11 is 0. The van der Waals surface area contributed by atoms with E-state index in [-0.39, 0.29) is 5.69 Å². The Morgan fingerprint density at radius 2 is 1.76 bits per heavy atom. The second-order valence-electron chi connectivity index (χ2n) is 8.75. The van der Waals surface area contributed by atoms with Gasteiger partial charge in [0.05, 0.1) is 28.8 Å². The number of rotatable bonds is 9. The number of imidazole rings is 1. The van der Waals surface area contributed by atoms with Crippen LogP contribution in [-0.2, 0) is 0 Å². The van der Waals surface area contributed by atoms with Gasteiger partial charge in [0.1, 0.15) is 12.0 Å². The molecule has 0 bridgehead atoms. The van der Waals surface area contributed by atoms with Crippen LogP contribution in [0.15, 0.2) is 67.5 Å². The van der Waals surface area contributed by atoms with E-state index in [9.17, 15) is 10.1 Å². The maximum Gasteiger partial charge on any atom is 0.287 e. The van der Waals surface area contributed by atoms with E-state index in [2.05, 4.69) is 66.7 Å². The van der Waals surface area contributed by atoms with E-state index in [0.29, 0.717) is 24.9 Å². The summed E-state index contributed by atoms with van der Waals surface area (Å²) in [5.41, 5.74) is 3.78. The second-order valence-corrected chi connectivity index (χ2v) is 8.75. The molecule has 0 aliphatic carbocycles. The molecule has 1 aliphatic rings. The van der Waals surface area contributed by atoms with Crippen molar-refractivity contribution in [3.63, 3.8) is 0 Å². The largest absolute Gasteiger partial charge is 0.369 e. The Kier molecular flexibility index (Phi) is 7.17. The van der Waals surface area contributed by atoms with Crippen LogP contribution >= 0.6 is 0 Å². The van der Waals surface area contributed by atoms with Crippen molar-refractivity contribution in [2.75, 3.05) is 61.8 Å². The third-order valence-corrected chi connectivity index (χ3v) is 6.23. The van der Waals surface area contributed by atoms with Crippen LogP contribution in [0, 0.1) is 10.1 Å². The molecule has 0 amide bonds. The molecular formula is C25H28N10O2. The minimum absolute atomic E-state index is 0.0425. The van der Waals surface area contributed by atoms with Gasteiger partial charge in [0.2, 0.25) is 5.95 Å². The highest BCUT2D eigenvalue weighted by Gasteiger charge is 2.16. The van der Waals surface area contributed by atoms with Crippen molar-refractivity contribution in [2.45, 2.75) is 0 Å². The van der Waals surface area contributed by atoms with Crippen molar-refractivity contribution in [2.24, 2.45) is 0 Å². The summed E-state index contributed by atoms with van der Waals surface area (Å²) in [6.07, 6.45) is 8.34. The number of aromatic nitrogens is 5. The van der Waals surface area contributed by atoms with Crippen LogP contribution in [0.4, 0.5) is 23.1 Å². The first-order chi connectivity index (χ1) is 18.1. The fourth-order valence-electron chi connectivity index (χ4n) is 4.12. The number of hydrogen-bond donors (Lipinski definition) is 2. The first-order valence-electron chi connectivity index (χ1n) is 12.0. The van der Waals surface area contributed by atoms with E-state index in [1.807, 2.05) is 10.8 Å². The van der Waals surface area contributed by atoms with Gasteiger partial charge in [0, 0.05) is 69.0 Å². The second kappa shape index (κ2) is 11.0.